The molecule has 0 heterocycles. The normalized spacial score (nSPS) is 14.8. The summed E-state index contributed by atoms with van der Waals surface area (Å²) in [5, 5.41) is 0. The Morgan fingerprint density at radius 1 is 1.20 bits per heavy atom. The summed E-state index contributed by atoms with van der Waals surface area (Å²) in [6.07, 6.45) is 0. The molecule has 0 atom stereocenters. The van der Waals surface area contributed by atoms with E-state index in [1.807, 2.05) is 0 Å². The molecule has 0 aliphatic carbocycles. The van der Waals surface area contributed by atoms with Crippen LogP contribution in [0.15, 0.2) is 0 Å². The maximum atomic E-state index is 8.83. The molecule has 0 fully saturated rings. The second kappa shape index (κ2) is 1.69. The van der Waals surface area contributed by atoms with E-state index in [0.29, 0.717) is 0 Å². The first-order chi connectivity index (χ1) is 2.00. The quantitative estimate of drug-likeness (QED) is 0.503. The van der Waals surface area contributed by atoms with E-state index < -0.39 is 41.2 Å². The Balaban J connectivity index is 4.06. The van der Waals surface area contributed by atoms with Crippen molar-refractivity contribution in [2.24, 2.45) is 0 Å². The Morgan fingerprint density at radius 3 is 1.20 bits per heavy atom. The second-order valence-corrected chi connectivity index (χ2v) is 2.60. The van der Waals surface area contributed by atoms with E-state index >= 15 is 0 Å². The van der Waals surface area contributed by atoms with E-state index in [-0.39, 0.29) is 0 Å². The van der Waals surface area contributed by atoms with Crippen molar-refractivity contribution in [2.75, 3.05) is 0 Å². The molecule has 0 saturated carbocycles. The van der Waals surface area contributed by atoms with Gasteiger partial charge in [0, 0.05) is 0 Å². The molecule has 0 aromatic rings. The molecule has 0 aliphatic rings. The van der Waals surface area contributed by atoms with Crippen molar-refractivity contribution in [1.82, 2.24) is 0 Å². The fourth-order valence-corrected chi connectivity index (χ4v) is 0. The molecule has 0 bridgehead atoms. The standard InChI is InChI=1S/H2O4Xe/c1-5(2,3)4/h1-2H. The summed E-state index contributed by atoms with van der Waals surface area (Å²) in [6.45, 7) is 0. The van der Waals surface area contributed by atoms with E-state index in [4.69, 9.17) is 0.933 Å². The Kier molecular flexibility index (Phi) is 2.06. The molecule has 34 valence electrons. The Bertz CT molecular complexity index is 86.8. The Labute approximate surface area is 41.2 Å². The van der Waals surface area contributed by atoms with Gasteiger partial charge in [-0.3, -0.25) is 0 Å². The number of hydrogen-bond acceptors (Lipinski definition) is 2. The van der Waals surface area contributed by atoms with Gasteiger partial charge < -0.3 is 0 Å². The Hall–Kier alpha value is 1.09. The van der Waals surface area contributed by atoms with Gasteiger partial charge in [0.15, 0.2) is 0 Å². The molecule has 0 aromatic carbocycles. The molecule has 0 aliphatic heterocycles. The molecule has 0 spiro atoms. The van der Waals surface area contributed by atoms with E-state index in [0.717, 1.165) is 0 Å². The molecule has 0 aromatic heterocycles. The van der Waals surface area contributed by atoms with Crippen LogP contribution in [-0.4, -0.2) is 0.853 Å². The first kappa shape index (κ1) is 6.09. The summed E-state index contributed by atoms with van der Waals surface area (Å²) in [6, 6.07) is 0. The summed E-state index contributed by atoms with van der Waals surface area (Å²) >= 11 is -5.36. The van der Waals surface area contributed by atoms with Gasteiger partial charge in [0.2, 0.25) is 0 Å². The van der Waals surface area contributed by atoms with Crippen LogP contribution in [0.1, 0.15) is 0 Å². The van der Waals surface area contributed by atoms with E-state index in [2.05, 4.69) is 0 Å². The molecule has 4 nitrogen and oxygen atoms in total. The third kappa shape index (κ3) is 40.8. The van der Waals surface area contributed by atoms with Gasteiger partial charge in [-0.1, -0.05) is 0 Å². The van der Waals surface area contributed by atoms with Gasteiger partial charge >= 0.3 is 42.1 Å². The van der Waals surface area contributed by atoms with E-state index in [1.54, 1.807) is 0 Å². The molecule has 0 rings (SSSR count). The predicted molar refractivity (Wildman–Crippen MR) is 5.81 cm³/mol. The average Bonchev–Trinajstić information content (AvgIpc) is 0.722. The molecular formula is H2O4Xe. The molecule has 0 unspecified atom stereocenters. The van der Waals surface area contributed by atoms with Crippen LogP contribution in [0.4, 0.5) is 0 Å². The topological polar surface area (TPSA) is 74.6 Å². The molecule has 0 saturated heterocycles. The van der Waals surface area contributed by atoms with Crippen molar-refractivity contribution < 1.29 is 42.1 Å². The van der Waals surface area contributed by atoms with Gasteiger partial charge in [-0.25, -0.2) is 0 Å². The van der Waals surface area contributed by atoms with Crippen molar-refractivity contribution in [1.29, 1.82) is 0 Å². The minimum absolute atomic E-state index is 5.36. The van der Waals surface area contributed by atoms with Gasteiger partial charge in [0.1, 0.15) is 0 Å². The third-order valence-electron chi connectivity index (χ3n) is 0. The SMILES string of the molecule is O=[Xe](=O)(O)O. The summed E-state index contributed by atoms with van der Waals surface area (Å²) in [7, 11) is 0. The fourth-order valence-electron chi connectivity index (χ4n) is 0. The molecular weight excluding hydrogens is 195 g/mol. The van der Waals surface area contributed by atoms with Gasteiger partial charge in [0.25, 0.3) is 0 Å². The third-order valence-corrected chi connectivity index (χ3v) is 0. The van der Waals surface area contributed by atoms with Crippen LogP contribution < -0.4 is 0 Å². The first-order valence-electron chi connectivity index (χ1n) is 0.605. The maximum absolute atomic E-state index is 8.83. The molecule has 5 heteroatoms. The fraction of sp³-hybridized carbons (Fsp3) is 0. The van der Waals surface area contributed by atoms with Crippen molar-refractivity contribution in [3.8, 4) is 0 Å². The summed E-state index contributed by atoms with van der Waals surface area (Å²) in [4.78, 5) is 0. The van der Waals surface area contributed by atoms with Crippen molar-refractivity contribution >= 4 is 0 Å². The Morgan fingerprint density at radius 2 is 1.20 bits per heavy atom. The van der Waals surface area contributed by atoms with Crippen LogP contribution in [0.25, 0.3) is 0 Å². The zero-order chi connectivity index (χ0) is 4.50. The van der Waals surface area contributed by atoms with Gasteiger partial charge in [-0.05, 0) is 0 Å². The van der Waals surface area contributed by atoms with Crippen molar-refractivity contribution in [3.63, 3.8) is 0 Å². The zero-order valence-corrected chi connectivity index (χ0v) is 4.08. The van der Waals surface area contributed by atoms with Gasteiger partial charge in [0.05, 0.1) is 0 Å². The summed E-state index contributed by atoms with van der Waals surface area (Å²) < 4.78 is 31.9. The molecule has 5 heavy (non-hydrogen) atoms. The van der Waals surface area contributed by atoms with Crippen LogP contribution in [0.5, 0.6) is 0 Å². The average molecular weight is 197 g/mol. The molecule has 0 radical (unpaired) electrons. The second-order valence-electron chi connectivity index (χ2n) is 0.388. The summed E-state index contributed by atoms with van der Waals surface area (Å²) in [5.41, 5.74) is 0. The molecule has 0 amide bonds. The van der Waals surface area contributed by atoms with Crippen LogP contribution in [0, 0.1) is 41.2 Å². The first-order valence-corrected chi connectivity index (χ1v) is 4.06. The van der Waals surface area contributed by atoms with Crippen molar-refractivity contribution in [3.05, 3.63) is 0 Å². The minimum atomic E-state index is -5.36. The zero-order valence-electron chi connectivity index (χ0n) is 2.06. The monoisotopic (exact) mass is 198 g/mol. The van der Waals surface area contributed by atoms with Crippen LogP contribution in [0.3, 0.4) is 0 Å². The number of hydrogen-bond donors (Lipinski definition) is 2. The van der Waals surface area contributed by atoms with E-state index in [1.165, 1.54) is 0 Å². The van der Waals surface area contributed by atoms with Crippen molar-refractivity contribution in [2.45, 2.75) is 0 Å². The summed E-state index contributed by atoms with van der Waals surface area (Å²) in [5.74, 6) is 0. The van der Waals surface area contributed by atoms with Gasteiger partial charge in [-0.15, -0.1) is 0 Å². The molecule has 2 N–H and O–H groups in total. The van der Waals surface area contributed by atoms with Crippen LogP contribution >= 0.6 is 0 Å². The predicted octanol–water partition coefficient (Wildman–Crippen LogP) is -1.35. The van der Waals surface area contributed by atoms with Crippen LogP contribution in [0.2, 0.25) is 0 Å². The number of rotatable bonds is 0. The van der Waals surface area contributed by atoms with Gasteiger partial charge in [-0.2, -0.15) is 0 Å². The van der Waals surface area contributed by atoms with E-state index in [9.17, 15) is 0 Å². The van der Waals surface area contributed by atoms with Crippen LogP contribution in [-0.2, 0) is 0.0797 Å².